The smallest absolute Gasteiger partial charge is 0.150 e. The van der Waals surface area contributed by atoms with E-state index in [1.165, 1.54) is 0 Å². The maximum Gasteiger partial charge on any atom is 0.150 e. The van der Waals surface area contributed by atoms with Crippen molar-refractivity contribution in [1.29, 1.82) is 0 Å². The van der Waals surface area contributed by atoms with E-state index in [2.05, 4.69) is 21.1 Å². The Hall–Kier alpha value is -0.520. The van der Waals surface area contributed by atoms with Crippen molar-refractivity contribution in [2.24, 2.45) is 5.73 Å². The van der Waals surface area contributed by atoms with Gasteiger partial charge in [-0.2, -0.15) is 11.8 Å². The second-order valence-electron chi connectivity index (χ2n) is 4.27. The molecule has 2 rings (SSSR count). The van der Waals surface area contributed by atoms with Gasteiger partial charge < -0.3 is 10.6 Å². The van der Waals surface area contributed by atoms with Gasteiger partial charge in [0.25, 0.3) is 0 Å². The molecule has 2 heterocycles. The van der Waals surface area contributed by atoms with Crippen molar-refractivity contribution in [2.45, 2.75) is 17.6 Å². The zero-order valence-corrected chi connectivity index (χ0v) is 11.5. The van der Waals surface area contributed by atoms with Crippen molar-refractivity contribution < 1.29 is 0 Å². The quantitative estimate of drug-likeness (QED) is 0.909. The third kappa shape index (κ3) is 2.67. The fourth-order valence-corrected chi connectivity index (χ4v) is 3.14. The lowest BCUT2D eigenvalue weighted by molar-refractivity contribution is 0.455. The first kappa shape index (κ1) is 12.9. The van der Waals surface area contributed by atoms with Gasteiger partial charge in [0.2, 0.25) is 0 Å². The van der Waals surface area contributed by atoms with E-state index in [9.17, 15) is 0 Å². The van der Waals surface area contributed by atoms with Gasteiger partial charge in [0.1, 0.15) is 11.3 Å². The van der Waals surface area contributed by atoms with E-state index < -0.39 is 0 Å². The van der Waals surface area contributed by atoms with E-state index in [0.717, 1.165) is 38.3 Å². The molecule has 0 saturated carbocycles. The molecule has 0 amide bonds. The van der Waals surface area contributed by atoms with Gasteiger partial charge in [0.05, 0.1) is 6.20 Å². The Labute approximate surface area is 111 Å². The topological polar surface area (TPSA) is 55.0 Å². The molecule has 0 spiro atoms. The Kier molecular flexibility index (Phi) is 4.12. The zero-order chi connectivity index (χ0) is 12.3. The Morgan fingerprint density at radius 1 is 1.53 bits per heavy atom. The van der Waals surface area contributed by atoms with Crippen LogP contribution in [-0.4, -0.2) is 40.6 Å². The van der Waals surface area contributed by atoms with Crippen LogP contribution < -0.4 is 10.6 Å². The molecule has 0 aromatic carbocycles. The van der Waals surface area contributed by atoms with Crippen LogP contribution >= 0.6 is 23.4 Å². The van der Waals surface area contributed by atoms with Gasteiger partial charge in [-0.05, 0) is 19.1 Å². The monoisotopic (exact) mass is 272 g/mol. The van der Waals surface area contributed by atoms with Gasteiger partial charge in [-0.1, -0.05) is 11.6 Å². The summed E-state index contributed by atoms with van der Waals surface area (Å²) in [5.74, 6) is 0.841. The fraction of sp³-hybridized carbons (Fsp3) is 0.636. The molecule has 6 heteroatoms. The number of hydrogen-bond donors (Lipinski definition) is 1. The third-order valence-corrected chi connectivity index (χ3v) is 5.13. The summed E-state index contributed by atoms with van der Waals surface area (Å²) < 4.78 is 0.232. The number of halogens is 1. The molecule has 1 aromatic heterocycles. The molecule has 2 N–H and O–H groups in total. The number of anilines is 1. The van der Waals surface area contributed by atoms with Crippen LogP contribution in [0.4, 0.5) is 5.82 Å². The summed E-state index contributed by atoms with van der Waals surface area (Å²) in [6, 6.07) is 0. The SMILES string of the molecule is CSC1(CN)CCN(c2ncncc2Cl)CC1. The van der Waals surface area contributed by atoms with Crippen molar-refractivity contribution in [3.05, 3.63) is 17.5 Å². The Balaban J connectivity index is 2.07. The maximum atomic E-state index is 6.10. The number of thioether (sulfide) groups is 1. The number of piperidine rings is 1. The summed E-state index contributed by atoms with van der Waals surface area (Å²) in [6.45, 7) is 2.64. The predicted molar refractivity (Wildman–Crippen MR) is 73.8 cm³/mol. The first-order valence-electron chi connectivity index (χ1n) is 5.66. The number of rotatable bonds is 3. The molecular formula is C11H17ClN4S. The van der Waals surface area contributed by atoms with Crippen molar-refractivity contribution in [3.63, 3.8) is 0 Å². The van der Waals surface area contributed by atoms with Crippen LogP contribution in [0.25, 0.3) is 0 Å². The van der Waals surface area contributed by atoms with Gasteiger partial charge in [0.15, 0.2) is 5.82 Å². The molecule has 1 aliphatic heterocycles. The van der Waals surface area contributed by atoms with Crippen LogP contribution in [-0.2, 0) is 0 Å². The lowest BCUT2D eigenvalue weighted by atomic mass is 9.96. The van der Waals surface area contributed by atoms with E-state index in [-0.39, 0.29) is 4.75 Å². The van der Waals surface area contributed by atoms with E-state index in [4.69, 9.17) is 17.3 Å². The van der Waals surface area contributed by atoms with Gasteiger partial charge in [-0.25, -0.2) is 9.97 Å². The second kappa shape index (κ2) is 5.42. The molecule has 94 valence electrons. The zero-order valence-electron chi connectivity index (χ0n) is 9.90. The highest BCUT2D eigenvalue weighted by Gasteiger charge is 2.33. The van der Waals surface area contributed by atoms with Crippen LogP contribution in [0.3, 0.4) is 0 Å². The van der Waals surface area contributed by atoms with Gasteiger partial charge in [0, 0.05) is 24.4 Å². The summed E-state index contributed by atoms with van der Waals surface area (Å²) in [4.78, 5) is 10.4. The summed E-state index contributed by atoms with van der Waals surface area (Å²) in [5.41, 5.74) is 5.87. The number of nitrogens with two attached hydrogens (primary N) is 1. The van der Waals surface area contributed by atoms with E-state index in [1.807, 2.05) is 11.8 Å². The van der Waals surface area contributed by atoms with Crippen LogP contribution in [0.15, 0.2) is 12.5 Å². The minimum Gasteiger partial charge on any atom is -0.355 e. The Bertz CT molecular complexity index is 373. The Morgan fingerprint density at radius 2 is 2.24 bits per heavy atom. The fourth-order valence-electron chi connectivity index (χ4n) is 2.16. The predicted octanol–water partition coefficient (Wildman–Crippen LogP) is 1.79. The standard InChI is InChI=1S/C11H17ClN4S/c1-17-11(7-13)2-4-16(5-3-11)10-9(12)6-14-8-15-10/h6,8H,2-5,7,13H2,1H3. The highest BCUT2D eigenvalue weighted by molar-refractivity contribution is 8.00. The molecule has 0 atom stereocenters. The van der Waals surface area contributed by atoms with Gasteiger partial charge >= 0.3 is 0 Å². The van der Waals surface area contributed by atoms with Crippen molar-refractivity contribution in [1.82, 2.24) is 9.97 Å². The van der Waals surface area contributed by atoms with Crippen LogP contribution in [0.2, 0.25) is 5.02 Å². The minimum absolute atomic E-state index is 0.232. The summed E-state index contributed by atoms with van der Waals surface area (Å²) in [6.07, 6.45) is 7.47. The summed E-state index contributed by atoms with van der Waals surface area (Å²) >= 11 is 7.98. The molecule has 0 bridgehead atoms. The molecule has 1 saturated heterocycles. The average molecular weight is 273 g/mol. The molecule has 4 nitrogen and oxygen atoms in total. The first-order valence-corrected chi connectivity index (χ1v) is 7.27. The molecule has 1 aliphatic rings. The summed E-state index contributed by atoms with van der Waals surface area (Å²) in [7, 11) is 0. The van der Waals surface area contributed by atoms with Crippen LogP contribution in [0.5, 0.6) is 0 Å². The van der Waals surface area contributed by atoms with Gasteiger partial charge in [-0.3, -0.25) is 0 Å². The largest absolute Gasteiger partial charge is 0.355 e. The number of nitrogens with zero attached hydrogens (tertiary/aromatic N) is 3. The molecular weight excluding hydrogens is 256 g/mol. The Morgan fingerprint density at radius 3 is 2.76 bits per heavy atom. The van der Waals surface area contributed by atoms with Crippen molar-refractivity contribution in [3.8, 4) is 0 Å². The minimum atomic E-state index is 0.232. The van der Waals surface area contributed by atoms with Crippen molar-refractivity contribution >= 4 is 29.2 Å². The molecule has 0 aliphatic carbocycles. The molecule has 0 unspecified atom stereocenters. The number of aromatic nitrogens is 2. The van der Waals surface area contributed by atoms with Crippen molar-refractivity contribution in [2.75, 3.05) is 30.8 Å². The lowest BCUT2D eigenvalue weighted by Crippen LogP contribution is -2.46. The second-order valence-corrected chi connectivity index (χ2v) is 5.95. The molecule has 0 radical (unpaired) electrons. The average Bonchev–Trinajstić information content (AvgIpc) is 2.40. The molecule has 1 aromatic rings. The normalized spacial score (nSPS) is 19.4. The highest BCUT2D eigenvalue weighted by atomic mass is 35.5. The summed E-state index contributed by atoms with van der Waals surface area (Å²) in [5, 5.41) is 0.622. The first-order chi connectivity index (χ1) is 8.21. The van der Waals surface area contributed by atoms with Gasteiger partial charge in [-0.15, -0.1) is 0 Å². The van der Waals surface area contributed by atoms with E-state index in [1.54, 1.807) is 12.5 Å². The third-order valence-electron chi connectivity index (χ3n) is 3.43. The molecule has 17 heavy (non-hydrogen) atoms. The highest BCUT2D eigenvalue weighted by Crippen LogP contribution is 2.35. The van der Waals surface area contributed by atoms with Crippen LogP contribution in [0, 0.1) is 0 Å². The number of hydrogen-bond acceptors (Lipinski definition) is 5. The van der Waals surface area contributed by atoms with E-state index in [0.29, 0.717) is 5.02 Å². The molecule has 1 fully saturated rings. The maximum absolute atomic E-state index is 6.10. The van der Waals surface area contributed by atoms with E-state index >= 15 is 0 Å². The van der Waals surface area contributed by atoms with Crippen LogP contribution in [0.1, 0.15) is 12.8 Å². The lowest BCUT2D eigenvalue weighted by Gasteiger charge is -2.40.